The number of rotatable bonds is 5. The molecule has 0 saturated heterocycles. The highest BCUT2D eigenvalue weighted by molar-refractivity contribution is 6.31. The van der Waals surface area contributed by atoms with Gasteiger partial charge in [0, 0.05) is 17.0 Å². The summed E-state index contributed by atoms with van der Waals surface area (Å²) in [6.07, 6.45) is 4.15. The number of carbonyl (C=O) groups excluding carboxylic acids is 1. The molecule has 1 aliphatic carbocycles. The van der Waals surface area contributed by atoms with E-state index in [1.54, 1.807) is 0 Å². The first-order valence-electron chi connectivity index (χ1n) is 7.10. The van der Waals surface area contributed by atoms with E-state index in [-0.39, 0.29) is 22.7 Å². The number of benzene rings is 1. The van der Waals surface area contributed by atoms with Gasteiger partial charge in [0.2, 0.25) is 0 Å². The summed E-state index contributed by atoms with van der Waals surface area (Å²) in [4.78, 5) is 30.4. The molecule has 0 radical (unpaired) electrons. The molecule has 1 saturated carbocycles. The molecule has 3 rings (SSSR count). The molecule has 1 aliphatic rings. The number of aromatic carboxylic acids is 1. The van der Waals surface area contributed by atoms with Crippen molar-refractivity contribution in [1.82, 2.24) is 15.3 Å². The lowest BCUT2D eigenvalue weighted by Crippen LogP contribution is -2.33. The largest absolute Gasteiger partial charge is 0.476 e. The van der Waals surface area contributed by atoms with E-state index in [2.05, 4.69) is 15.3 Å². The summed E-state index contributed by atoms with van der Waals surface area (Å²) in [7, 11) is 0. The molecular weight excluding hydrogens is 318 g/mol. The zero-order chi connectivity index (χ0) is 16.4. The number of nitrogens with one attached hydrogen (secondary N) is 1. The minimum Gasteiger partial charge on any atom is -0.476 e. The maximum Gasteiger partial charge on any atom is 0.356 e. The summed E-state index contributed by atoms with van der Waals surface area (Å²) < 4.78 is 0. The van der Waals surface area contributed by atoms with Gasteiger partial charge < -0.3 is 10.4 Å². The summed E-state index contributed by atoms with van der Waals surface area (Å²) in [6, 6.07) is 7.62. The molecule has 0 aliphatic heterocycles. The fraction of sp³-hybridized carbons (Fsp3) is 0.250. The predicted molar refractivity (Wildman–Crippen MR) is 83.7 cm³/mol. The number of hydrogen-bond acceptors (Lipinski definition) is 4. The monoisotopic (exact) mass is 331 g/mol. The van der Waals surface area contributed by atoms with Crippen LogP contribution in [0.15, 0.2) is 36.7 Å². The first-order chi connectivity index (χ1) is 11.0. The van der Waals surface area contributed by atoms with Crippen molar-refractivity contribution in [3.63, 3.8) is 0 Å². The van der Waals surface area contributed by atoms with Crippen molar-refractivity contribution < 1.29 is 14.7 Å². The van der Waals surface area contributed by atoms with Crippen LogP contribution in [0.4, 0.5) is 0 Å². The lowest BCUT2D eigenvalue weighted by Gasteiger charge is -2.17. The Labute approximate surface area is 137 Å². The van der Waals surface area contributed by atoms with Gasteiger partial charge in [-0.05, 0) is 24.5 Å². The average molecular weight is 332 g/mol. The molecule has 1 heterocycles. The van der Waals surface area contributed by atoms with Crippen LogP contribution >= 0.6 is 11.6 Å². The first-order valence-corrected chi connectivity index (χ1v) is 7.48. The van der Waals surface area contributed by atoms with Gasteiger partial charge in [-0.25, -0.2) is 14.8 Å². The zero-order valence-electron chi connectivity index (χ0n) is 12.1. The Bertz CT molecular complexity index is 757. The van der Waals surface area contributed by atoms with Crippen molar-refractivity contribution in [1.29, 1.82) is 0 Å². The SMILES string of the molecule is O=C(O)c1cnc(C(=O)NCC2(c3ccccc3Cl)CC2)cn1. The minimum atomic E-state index is -1.18. The second kappa shape index (κ2) is 5.96. The van der Waals surface area contributed by atoms with Crippen molar-refractivity contribution in [2.75, 3.05) is 6.54 Å². The highest BCUT2D eigenvalue weighted by Gasteiger charge is 2.45. The summed E-state index contributed by atoms with van der Waals surface area (Å²) in [6.45, 7) is 0.456. The van der Waals surface area contributed by atoms with E-state index in [1.165, 1.54) is 0 Å². The average Bonchev–Trinajstić information content (AvgIpc) is 3.34. The van der Waals surface area contributed by atoms with Gasteiger partial charge in [0.05, 0.1) is 12.4 Å². The number of halogens is 1. The molecule has 7 heteroatoms. The van der Waals surface area contributed by atoms with Crippen LogP contribution in [0.2, 0.25) is 5.02 Å². The third-order valence-electron chi connectivity index (χ3n) is 3.99. The van der Waals surface area contributed by atoms with Crippen LogP contribution < -0.4 is 5.32 Å². The van der Waals surface area contributed by atoms with Crippen molar-refractivity contribution in [2.45, 2.75) is 18.3 Å². The van der Waals surface area contributed by atoms with E-state index in [0.29, 0.717) is 11.6 Å². The van der Waals surface area contributed by atoms with E-state index < -0.39 is 5.97 Å². The zero-order valence-corrected chi connectivity index (χ0v) is 12.9. The Hall–Kier alpha value is -2.47. The molecule has 2 aromatic rings. The van der Waals surface area contributed by atoms with Crippen LogP contribution in [0.25, 0.3) is 0 Å². The smallest absolute Gasteiger partial charge is 0.356 e. The summed E-state index contributed by atoms with van der Waals surface area (Å²) in [5.41, 5.74) is 0.804. The molecule has 1 fully saturated rings. The van der Waals surface area contributed by atoms with Gasteiger partial charge in [-0.15, -0.1) is 0 Å². The first kappa shape index (κ1) is 15.4. The molecule has 0 bridgehead atoms. The third kappa shape index (κ3) is 3.17. The van der Waals surface area contributed by atoms with E-state index in [1.807, 2.05) is 24.3 Å². The van der Waals surface area contributed by atoms with Crippen molar-refractivity contribution in [2.24, 2.45) is 0 Å². The van der Waals surface area contributed by atoms with Crippen molar-refractivity contribution >= 4 is 23.5 Å². The Morgan fingerprint density at radius 1 is 1.17 bits per heavy atom. The van der Waals surface area contributed by atoms with E-state index in [9.17, 15) is 9.59 Å². The number of carboxylic acid groups (broad SMARTS) is 1. The molecular formula is C16H14ClN3O3. The third-order valence-corrected chi connectivity index (χ3v) is 4.32. The second-order valence-electron chi connectivity index (χ2n) is 5.53. The maximum atomic E-state index is 12.1. The van der Waals surface area contributed by atoms with Gasteiger partial charge >= 0.3 is 5.97 Å². The summed E-state index contributed by atoms with van der Waals surface area (Å²) >= 11 is 6.24. The molecule has 1 aromatic carbocycles. The number of aromatic nitrogens is 2. The Kier molecular flexibility index (Phi) is 4.00. The van der Waals surface area contributed by atoms with E-state index in [0.717, 1.165) is 30.8 Å². The summed E-state index contributed by atoms with van der Waals surface area (Å²) in [5.74, 6) is -1.56. The standard InChI is InChI=1S/C16H14ClN3O3/c17-11-4-2-1-3-10(11)16(5-6-16)9-20-14(21)12-7-19-13(8-18-12)15(22)23/h1-4,7-8H,5-6,9H2,(H,20,21)(H,22,23). The number of hydrogen-bond donors (Lipinski definition) is 2. The minimum absolute atomic E-state index is 0.0879. The Morgan fingerprint density at radius 3 is 2.39 bits per heavy atom. The normalized spacial score (nSPS) is 15.0. The second-order valence-corrected chi connectivity index (χ2v) is 5.94. The van der Waals surface area contributed by atoms with Gasteiger partial charge in [0.1, 0.15) is 5.69 Å². The van der Waals surface area contributed by atoms with Crippen molar-refractivity contribution in [3.8, 4) is 0 Å². The van der Waals surface area contributed by atoms with E-state index >= 15 is 0 Å². The Morgan fingerprint density at radius 2 is 1.83 bits per heavy atom. The Balaban J connectivity index is 1.67. The van der Waals surface area contributed by atoms with Crippen LogP contribution in [0.3, 0.4) is 0 Å². The highest BCUT2D eigenvalue weighted by atomic mass is 35.5. The van der Waals surface area contributed by atoms with Crippen LogP contribution in [0, 0.1) is 0 Å². The quantitative estimate of drug-likeness (QED) is 0.877. The topological polar surface area (TPSA) is 92.2 Å². The van der Waals surface area contributed by atoms with Crippen molar-refractivity contribution in [3.05, 3.63) is 58.6 Å². The molecule has 23 heavy (non-hydrogen) atoms. The lowest BCUT2D eigenvalue weighted by molar-refractivity contribution is 0.0689. The number of carbonyl (C=O) groups is 2. The molecule has 2 N–H and O–H groups in total. The van der Waals surface area contributed by atoms with Crippen LogP contribution in [-0.2, 0) is 5.41 Å². The molecule has 0 unspecified atom stereocenters. The molecule has 118 valence electrons. The fourth-order valence-corrected chi connectivity index (χ4v) is 2.82. The number of nitrogens with zero attached hydrogens (tertiary/aromatic N) is 2. The highest BCUT2D eigenvalue weighted by Crippen LogP contribution is 2.49. The number of amides is 1. The van der Waals surface area contributed by atoms with Gasteiger partial charge in [-0.1, -0.05) is 29.8 Å². The fourth-order valence-electron chi connectivity index (χ4n) is 2.48. The van der Waals surface area contributed by atoms with Gasteiger partial charge in [0.25, 0.3) is 5.91 Å². The maximum absolute atomic E-state index is 12.1. The molecule has 1 aromatic heterocycles. The molecule has 0 atom stereocenters. The summed E-state index contributed by atoms with van der Waals surface area (Å²) in [5, 5.41) is 12.3. The predicted octanol–water partition coefficient (Wildman–Crippen LogP) is 2.29. The van der Waals surface area contributed by atoms with E-state index in [4.69, 9.17) is 16.7 Å². The van der Waals surface area contributed by atoms with Gasteiger partial charge in [-0.2, -0.15) is 0 Å². The lowest BCUT2D eigenvalue weighted by atomic mass is 9.96. The number of carboxylic acids is 1. The van der Waals surface area contributed by atoms with Crippen LogP contribution in [0.5, 0.6) is 0 Å². The molecule has 1 amide bonds. The molecule has 6 nitrogen and oxygen atoms in total. The van der Waals surface area contributed by atoms with Gasteiger partial charge in [-0.3, -0.25) is 4.79 Å². The van der Waals surface area contributed by atoms with Gasteiger partial charge in [0.15, 0.2) is 5.69 Å². The molecule has 0 spiro atoms. The van der Waals surface area contributed by atoms with Crippen LogP contribution in [-0.4, -0.2) is 33.5 Å². The van der Waals surface area contributed by atoms with Crippen LogP contribution in [0.1, 0.15) is 39.4 Å².